The van der Waals surface area contributed by atoms with E-state index in [9.17, 15) is 43.2 Å². The van der Waals surface area contributed by atoms with Crippen molar-refractivity contribution in [1.29, 1.82) is 0 Å². The minimum absolute atomic E-state index is 0.0374. The maximum Gasteiger partial charge on any atom is 0.472 e. The van der Waals surface area contributed by atoms with Gasteiger partial charge in [0.2, 0.25) is 0 Å². The molecule has 0 aromatic heterocycles. The zero-order valence-corrected chi connectivity index (χ0v) is 69.8. The molecule has 0 amide bonds. The van der Waals surface area contributed by atoms with E-state index in [0.29, 0.717) is 32.1 Å². The van der Waals surface area contributed by atoms with Crippen LogP contribution in [0.15, 0.2) is 134 Å². The summed E-state index contributed by atoms with van der Waals surface area (Å²) in [5.41, 5.74) is 0. The molecule has 0 heterocycles. The summed E-state index contributed by atoms with van der Waals surface area (Å²) in [4.78, 5) is 73.2. The van der Waals surface area contributed by atoms with Gasteiger partial charge in [-0.2, -0.15) is 0 Å². The van der Waals surface area contributed by atoms with Gasteiger partial charge in [-0.05, 0) is 135 Å². The molecule has 3 N–H and O–H groups in total. The number of aliphatic hydroxyl groups excluding tert-OH is 1. The Kier molecular flexibility index (Phi) is 76.7. The van der Waals surface area contributed by atoms with Crippen LogP contribution in [0.25, 0.3) is 0 Å². The van der Waals surface area contributed by atoms with Crippen LogP contribution in [0.5, 0.6) is 0 Å². The highest BCUT2D eigenvalue weighted by Gasteiger charge is 2.30. The molecule has 2 unspecified atom stereocenters. The molecule has 0 fully saturated rings. The van der Waals surface area contributed by atoms with E-state index < -0.39 is 97.5 Å². The molecule has 620 valence electrons. The first-order valence-electron chi connectivity index (χ1n) is 42.4. The van der Waals surface area contributed by atoms with Crippen LogP contribution in [0.1, 0.15) is 349 Å². The lowest BCUT2D eigenvalue weighted by atomic mass is 10.0. The van der Waals surface area contributed by atoms with Gasteiger partial charge in [0, 0.05) is 25.7 Å². The Morgan fingerprint density at radius 1 is 0.269 bits per heavy atom. The van der Waals surface area contributed by atoms with Crippen LogP contribution in [0.4, 0.5) is 0 Å². The van der Waals surface area contributed by atoms with Gasteiger partial charge in [0.05, 0.1) is 26.4 Å². The molecular weight excluding hydrogens is 1400 g/mol. The Balaban J connectivity index is 5.45. The molecule has 19 heteroatoms. The van der Waals surface area contributed by atoms with Crippen LogP contribution in [0, 0.1) is 0 Å². The van der Waals surface area contributed by atoms with Gasteiger partial charge in [-0.1, -0.05) is 322 Å². The van der Waals surface area contributed by atoms with E-state index in [2.05, 4.69) is 149 Å². The van der Waals surface area contributed by atoms with E-state index in [1.807, 2.05) is 12.2 Å². The zero-order chi connectivity index (χ0) is 78.9. The summed E-state index contributed by atoms with van der Waals surface area (Å²) >= 11 is 0. The van der Waals surface area contributed by atoms with Gasteiger partial charge in [0.15, 0.2) is 12.2 Å². The number of aliphatic hydroxyl groups is 1. The molecule has 0 bridgehead atoms. The second-order valence-electron chi connectivity index (χ2n) is 28.0. The Morgan fingerprint density at radius 3 is 0.843 bits per heavy atom. The average molecular weight is 1560 g/mol. The SMILES string of the molecule is CC/C=C\C/C=C\C/C=C\C/C=C\C/C=C\CCCCCC(=O)OC[C@H](COP(=O)(O)OC[C@@H](O)COP(=O)(O)OC[C@@H](COC(=O)CC/C=C\C/C=C\C/C=C\C/C=C\C/C=C\CCCCC)OC(=O)CCCCCCCCCCCCCCCCC)OC(=O)CCCCCCCCC/C=C\CCCCCC. The molecule has 0 saturated heterocycles. The lowest BCUT2D eigenvalue weighted by Gasteiger charge is -2.21. The highest BCUT2D eigenvalue weighted by atomic mass is 31.2. The van der Waals surface area contributed by atoms with Gasteiger partial charge in [0.25, 0.3) is 0 Å². The van der Waals surface area contributed by atoms with E-state index in [-0.39, 0.29) is 25.7 Å². The van der Waals surface area contributed by atoms with Gasteiger partial charge in [-0.15, -0.1) is 0 Å². The Morgan fingerprint density at radius 2 is 0.500 bits per heavy atom. The molecule has 0 aliphatic heterocycles. The first kappa shape index (κ1) is 103. The number of ether oxygens (including phenoxy) is 4. The number of phosphoric ester groups is 2. The average Bonchev–Trinajstić information content (AvgIpc) is 0.923. The lowest BCUT2D eigenvalue weighted by Crippen LogP contribution is -2.30. The van der Waals surface area contributed by atoms with Gasteiger partial charge < -0.3 is 33.8 Å². The van der Waals surface area contributed by atoms with E-state index in [1.54, 1.807) is 0 Å². The van der Waals surface area contributed by atoms with Crippen molar-refractivity contribution in [3.05, 3.63) is 134 Å². The number of unbranched alkanes of at least 4 members (excludes halogenated alkanes) is 31. The number of carbonyl (C=O) groups is 4. The zero-order valence-electron chi connectivity index (χ0n) is 68.0. The van der Waals surface area contributed by atoms with Crippen LogP contribution in [0.2, 0.25) is 0 Å². The van der Waals surface area contributed by atoms with Crippen molar-refractivity contribution in [1.82, 2.24) is 0 Å². The summed E-state index contributed by atoms with van der Waals surface area (Å²) < 4.78 is 68.7. The number of allylic oxidation sites excluding steroid dienone is 22. The van der Waals surface area contributed by atoms with E-state index in [1.165, 1.54) is 109 Å². The molecule has 108 heavy (non-hydrogen) atoms. The van der Waals surface area contributed by atoms with Crippen LogP contribution < -0.4 is 0 Å². The summed E-state index contributed by atoms with van der Waals surface area (Å²) in [5.74, 6) is -2.30. The normalized spacial score (nSPS) is 14.5. The maximum absolute atomic E-state index is 13.1. The molecule has 0 rings (SSSR count). The van der Waals surface area contributed by atoms with Crippen molar-refractivity contribution in [2.75, 3.05) is 39.6 Å². The van der Waals surface area contributed by atoms with E-state index in [0.717, 1.165) is 154 Å². The fourth-order valence-corrected chi connectivity index (χ4v) is 12.7. The monoisotopic (exact) mass is 1560 g/mol. The third-order valence-electron chi connectivity index (χ3n) is 17.6. The number of rotatable bonds is 79. The third-order valence-corrected chi connectivity index (χ3v) is 19.5. The maximum atomic E-state index is 13.1. The topological polar surface area (TPSA) is 237 Å². The van der Waals surface area contributed by atoms with Crippen LogP contribution >= 0.6 is 15.6 Å². The van der Waals surface area contributed by atoms with Gasteiger partial charge in [-0.3, -0.25) is 37.3 Å². The molecule has 0 aliphatic rings. The van der Waals surface area contributed by atoms with Crippen molar-refractivity contribution in [2.45, 2.75) is 367 Å². The smallest absolute Gasteiger partial charge is 0.462 e. The number of esters is 4. The molecular formula is C89H152O17P2. The van der Waals surface area contributed by atoms with Crippen LogP contribution in [-0.4, -0.2) is 96.7 Å². The molecule has 0 aromatic rings. The quantitative estimate of drug-likeness (QED) is 0.0169. The van der Waals surface area contributed by atoms with Crippen molar-refractivity contribution in [3.63, 3.8) is 0 Å². The van der Waals surface area contributed by atoms with Crippen molar-refractivity contribution in [2.24, 2.45) is 0 Å². The first-order valence-corrected chi connectivity index (χ1v) is 45.4. The Labute approximate surface area is 656 Å². The number of hydrogen-bond acceptors (Lipinski definition) is 15. The largest absolute Gasteiger partial charge is 0.472 e. The van der Waals surface area contributed by atoms with Gasteiger partial charge in [0.1, 0.15) is 19.3 Å². The second-order valence-corrected chi connectivity index (χ2v) is 30.9. The van der Waals surface area contributed by atoms with Gasteiger partial charge in [-0.25, -0.2) is 9.13 Å². The van der Waals surface area contributed by atoms with E-state index in [4.69, 9.17) is 37.0 Å². The first-order chi connectivity index (χ1) is 52.7. The summed E-state index contributed by atoms with van der Waals surface area (Å²) in [6, 6.07) is 0. The summed E-state index contributed by atoms with van der Waals surface area (Å²) in [6.07, 6.45) is 91.4. The fourth-order valence-electron chi connectivity index (χ4n) is 11.2. The van der Waals surface area contributed by atoms with Crippen LogP contribution in [-0.2, 0) is 65.4 Å². The summed E-state index contributed by atoms with van der Waals surface area (Å²) in [5, 5.41) is 10.7. The number of carbonyl (C=O) groups excluding carboxylic acids is 4. The molecule has 0 radical (unpaired) electrons. The van der Waals surface area contributed by atoms with Crippen LogP contribution in [0.3, 0.4) is 0 Å². The summed E-state index contributed by atoms with van der Waals surface area (Å²) in [6.45, 7) is 4.64. The van der Waals surface area contributed by atoms with Crippen molar-refractivity contribution in [3.8, 4) is 0 Å². The minimum Gasteiger partial charge on any atom is -0.462 e. The summed E-state index contributed by atoms with van der Waals surface area (Å²) in [7, 11) is -9.99. The standard InChI is InChI=1S/C89H152O17P2/c1-5-9-13-17-21-25-29-33-37-39-41-43-47-49-53-57-61-65-69-73-86(91)99-79-84(105-88(93)75-71-67-63-59-55-51-45-35-31-27-23-19-15-11-7-3)81-103-107(95,96)101-77-83(90)78-102-108(97,98)104-82-85(106-89(94)76-72-68-64-60-56-52-46-36-32-28-24-20-16-12-8-4)80-100-87(92)74-70-66-62-58-54-50-48-44-42-40-38-34-30-26-22-18-14-10-6-2/h9,13,21-22,25-27,31,33-34,37-38,41-44,49-50,53-54,62,66,83-85,90H,5-8,10-12,14-20,23-24,28-30,32,35-36,39-40,45-48,51-52,55-61,63-65,67-82H2,1-4H3,(H,95,96)(H,97,98)/b13-9-,25-21-,26-22-,31-27-,37-33-,38-34-,43-41-,44-42-,53-49-,54-50-,66-62-/t83-,84-,85-/m1/s1. The highest BCUT2D eigenvalue weighted by molar-refractivity contribution is 7.47. The molecule has 0 aliphatic carbocycles. The van der Waals surface area contributed by atoms with Crippen molar-refractivity contribution < 1.29 is 80.2 Å². The Hall–Kier alpha value is -4.80. The molecule has 0 spiro atoms. The predicted molar refractivity (Wildman–Crippen MR) is 445 cm³/mol. The molecule has 5 atom stereocenters. The molecule has 0 saturated carbocycles. The van der Waals surface area contributed by atoms with Crippen molar-refractivity contribution >= 4 is 39.5 Å². The van der Waals surface area contributed by atoms with E-state index >= 15 is 0 Å². The third kappa shape index (κ3) is 79.3. The molecule has 0 aromatic carbocycles. The van der Waals surface area contributed by atoms with Gasteiger partial charge >= 0.3 is 39.5 Å². The Bertz CT molecular complexity index is 2560. The fraction of sp³-hybridized carbons (Fsp3) is 0.708. The minimum atomic E-state index is -5.00. The second kappa shape index (κ2) is 80.3. The molecule has 17 nitrogen and oxygen atoms in total. The predicted octanol–water partition coefficient (Wildman–Crippen LogP) is 25.2. The number of phosphoric acid groups is 2. The highest BCUT2D eigenvalue weighted by Crippen LogP contribution is 2.45. The number of hydrogen-bond donors (Lipinski definition) is 3. The lowest BCUT2D eigenvalue weighted by molar-refractivity contribution is -0.161.